The zero-order valence-corrected chi connectivity index (χ0v) is 86.0. The molecule has 0 aliphatic rings. The number of rotatable bonds is 21. The zero-order valence-electron chi connectivity index (χ0n) is 78.8. The van der Waals surface area contributed by atoms with E-state index in [0.29, 0.717) is 0 Å². The van der Waals surface area contributed by atoms with Crippen molar-refractivity contribution >= 4 is 255 Å². The Morgan fingerprint density at radius 1 is 0.153 bits per heavy atom. The van der Waals surface area contributed by atoms with Crippen LogP contribution in [-0.2, 0) is 0 Å². The highest BCUT2D eigenvalue weighted by Crippen LogP contribution is 2.52. The van der Waals surface area contributed by atoms with Crippen molar-refractivity contribution < 1.29 is 0 Å². The van der Waals surface area contributed by atoms with E-state index in [0.717, 1.165) is 116 Å². The molecule has 0 unspecified atom stereocenters. The average molecular weight is 2100 g/mol. The van der Waals surface area contributed by atoms with Crippen LogP contribution in [0.25, 0.3) is 105 Å². The van der Waals surface area contributed by atoms with Crippen LogP contribution in [0.3, 0.4) is 0 Å². The zero-order chi connectivity index (χ0) is 96.9. The summed E-state index contributed by atoms with van der Waals surface area (Å²) in [6.07, 6.45) is 0. The van der Waals surface area contributed by atoms with Crippen molar-refractivity contribution in [3.63, 3.8) is 0 Å². The average Bonchev–Trinajstić information content (AvgIpc) is 1.50. The van der Waals surface area contributed by atoms with E-state index >= 15 is 0 Å². The lowest BCUT2D eigenvalue weighted by Crippen LogP contribution is -2.14. The molecule has 3 heterocycles. The van der Waals surface area contributed by atoms with Gasteiger partial charge in [0.1, 0.15) is 0 Å². The SMILES string of the molecule is Brc1cc(N(c2ccccc2)c2ccccc2)cc(N(c2ccccc2)c2cc(-c3ccccc3)cc(-c3ccc4c(c3)sc3ccccc34)c2)c1.Brc1cc(N(c2ccccc2)c2ccccc2)cc(N(c2ccccc2)c2ccc(-c3ccc4c(c3)sc3ccccc34)cc2)c1.Cc1ccc(N(c2cc(Br)cc(N(c3ccc(C)cc3)c3cccc4c3sc3ccccc34)c2)c2cccc3ccccc23)cc1. The second kappa shape index (κ2) is 41.3. The molecule has 690 valence electrons. The number of halogens is 3. The molecule has 25 aromatic rings. The smallest absolute Gasteiger partial charge is 0.0640 e. The number of nitrogens with zero attached hydrogens (tertiary/aromatic N) is 6. The summed E-state index contributed by atoms with van der Waals surface area (Å²) in [6, 6.07) is 189. The van der Waals surface area contributed by atoms with E-state index in [-0.39, 0.29) is 0 Å². The van der Waals surface area contributed by atoms with Crippen molar-refractivity contribution in [1.82, 2.24) is 0 Å². The molecule has 6 nitrogen and oxygen atoms in total. The number of thiophene rings is 3. The predicted molar refractivity (Wildman–Crippen MR) is 632 cm³/mol. The van der Waals surface area contributed by atoms with Crippen LogP contribution in [0, 0.1) is 13.8 Å². The highest BCUT2D eigenvalue weighted by molar-refractivity contribution is 9.11. The number of fused-ring (bicyclic) bond motifs is 10. The fraction of sp³-hybridized carbons (Fsp3) is 0.0152. The van der Waals surface area contributed by atoms with Gasteiger partial charge in [-0.15, -0.1) is 34.0 Å². The van der Waals surface area contributed by atoms with Gasteiger partial charge in [0, 0.05) is 166 Å². The maximum absolute atomic E-state index is 3.94. The second-order valence-electron chi connectivity index (χ2n) is 35.7. The van der Waals surface area contributed by atoms with Crippen molar-refractivity contribution in [3.8, 4) is 33.4 Å². The van der Waals surface area contributed by atoms with Gasteiger partial charge in [0.2, 0.25) is 0 Å². The van der Waals surface area contributed by atoms with E-state index in [1.165, 1.54) is 116 Å². The Hall–Kier alpha value is -16.0. The van der Waals surface area contributed by atoms with Crippen molar-refractivity contribution in [2.45, 2.75) is 13.8 Å². The normalized spacial score (nSPS) is 11.2. The van der Waals surface area contributed by atoms with Crippen LogP contribution in [0.5, 0.6) is 0 Å². The molecule has 12 heteroatoms. The van der Waals surface area contributed by atoms with Crippen molar-refractivity contribution in [3.05, 3.63) is 552 Å². The van der Waals surface area contributed by atoms with E-state index in [4.69, 9.17) is 0 Å². The fourth-order valence-electron chi connectivity index (χ4n) is 19.6. The van der Waals surface area contributed by atoms with Crippen LogP contribution in [0.15, 0.2) is 541 Å². The molecule has 0 spiro atoms. The Balaban J connectivity index is 0.000000120. The first-order valence-corrected chi connectivity index (χ1v) is 52.9. The molecular formula is C132H93Br3N6S3. The van der Waals surface area contributed by atoms with Gasteiger partial charge < -0.3 is 29.4 Å². The van der Waals surface area contributed by atoms with Crippen LogP contribution >= 0.6 is 81.8 Å². The van der Waals surface area contributed by atoms with Gasteiger partial charge >= 0.3 is 0 Å². The number of hydrogen-bond acceptors (Lipinski definition) is 9. The van der Waals surface area contributed by atoms with Gasteiger partial charge in [-0.3, -0.25) is 0 Å². The molecule has 0 bridgehead atoms. The molecular weight excluding hydrogens is 2010 g/mol. The molecule has 144 heavy (non-hydrogen) atoms. The lowest BCUT2D eigenvalue weighted by molar-refractivity contribution is 1.24. The number of aryl methyl sites for hydroxylation is 2. The van der Waals surface area contributed by atoms with Crippen LogP contribution in [-0.4, -0.2) is 0 Å². The molecule has 0 aliphatic heterocycles. The van der Waals surface area contributed by atoms with E-state index in [9.17, 15) is 0 Å². The number of anilines is 18. The monoisotopic (exact) mass is 2090 g/mol. The Bertz CT molecular complexity index is 8820. The third-order valence-corrected chi connectivity index (χ3v) is 31.1. The third kappa shape index (κ3) is 19.2. The van der Waals surface area contributed by atoms with Crippen LogP contribution in [0.2, 0.25) is 0 Å². The van der Waals surface area contributed by atoms with E-state index < -0.39 is 0 Å². The Kier molecular flexibility index (Phi) is 26.3. The minimum Gasteiger partial charge on any atom is -0.310 e. The van der Waals surface area contributed by atoms with Gasteiger partial charge in [0.05, 0.1) is 16.1 Å². The molecule has 22 aromatic carbocycles. The molecule has 0 radical (unpaired) electrons. The highest BCUT2D eigenvalue weighted by Gasteiger charge is 2.27. The molecule has 0 amide bonds. The molecule has 25 rings (SSSR count). The van der Waals surface area contributed by atoms with Crippen molar-refractivity contribution in [1.29, 1.82) is 0 Å². The lowest BCUT2D eigenvalue weighted by Gasteiger charge is -2.30. The summed E-state index contributed by atoms with van der Waals surface area (Å²) in [6.45, 7) is 4.28. The topological polar surface area (TPSA) is 19.4 Å². The van der Waals surface area contributed by atoms with E-state index in [1.807, 2.05) is 34.0 Å². The minimum atomic E-state index is 0.993. The number of para-hydroxylation sites is 6. The van der Waals surface area contributed by atoms with E-state index in [2.05, 4.69) is 619 Å². The molecule has 0 saturated carbocycles. The predicted octanol–water partition coefficient (Wildman–Crippen LogP) is 42.0. The van der Waals surface area contributed by atoms with Gasteiger partial charge in [-0.25, -0.2) is 0 Å². The van der Waals surface area contributed by atoms with Crippen molar-refractivity contribution in [2.24, 2.45) is 0 Å². The largest absolute Gasteiger partial charge is 0.310 e. The summed E-state index contributed by atoms with van der Waals surface area (Å²) >= 11 is 17.3. The first-order valence-electron chi connectivity index (χ1n) is 48.1. The van der Waals surface area contributed by atoms with Gasteiger partial charge in [-0.1, -0.05) is 362 Å². The van der Waals surface area contributed by atoms with Crippen LogP contribution < -0.4 is 29.4 Å². The van der Waals surface area contributed by atoms with Gasteiger partial charge in [0.25, 0.3) is 0 Å². The van der Waals surface area contributed by atoms with Gasteiger partial charge in [0.15, 0.2) is 0 Å². The van der Waals surface area contributed by atoms with Gasteiger partial charge in [-0.05, 0) is 277 Å². The first-order chi connectivity index (χ1) is 70.9. The summed E-state index contributed by atoms with van der Waals surface area (Å²) in [5.41, 5.74) is 29.2. The molecule has 0 fully saturated rings. The molecule has 3 aromatic heterocycles. The highest BCUT2D eigenvalue weighted by atomic mass is 79.9. The first kappa shape index (κ1) is 91.8. The Morgan fingerprint density at radius 2 is 0.417 bits per heavy atom. The Labute approximate surface area is 876 Å². The third-order valence-electron chi connectivity index (χ3n) is 26.3. The standard InChI is InChI=1S/C48H33BrN2S.C42H31BrN2S.C42H29BrN2S/c49-38-31-43(50(39-17-7-2-8-18-39)40-19-9-3-10-20-40)33-44(32-38)51(41-21-11-4-12-22-41)42-28-36(34-15-5-1-6-16-34)27-37(29-42)35-25-26-46-45-23-13-14-24-47(45)52-48(46)30-35;1-28-17-21-32(22-18-28)44(39-14-7-10-30-9-3-4-11-36(30)39)34-25-31(43)26-35(27-34)45(33-23-19-29(2)20-24-33)40-15-8-13-38-37-12-5-6-16-41(37)46-42(38)40;43-32-27-37(44(33-12-4-1-5-13-33)34-14-6-2-7-15-34)29-38(28-32)45(35-16-8-3-9-17-35)36-23-20-30(21-24-36)31-22-25-40-39-18-10-11-19-41(39)46-42(40)26-31/h1-33H;3-27H,1-2H3;1-29H. The Morgan fingerprint density at radius 3 is 0.840 bits per heavy atom. The summed E-state index contributed by atoms with van der Waals surface area (Å²) < 4.78 is 10.8. The summed E-state index contributed by atoms with van der Waals surface area (Å²) in [5.74, 6) is 0. The maximum atomic E-state index is 3.94. The molecule has 0 atom stereocenters. The summed E-state index contributed by atoms with van der Waals surface area (Å²) in [7, 11) is 0. The van der Waals surface area contributed by atoms with E-state index in [1.54, 1.807) is 0 Å². The lowest BCUT2D eigenvalue weighted by atomic mass is 9.96. The second-order valence-corrected chi connectivity index (χ2v) is 41.7. The quantitative estimate of drug-likeness (QED) is 0.0709. The van der Waals surface area contributed by atoms with Crippen LogP contribution in [0.1, 0.15) is 11.1 Å². The summed E-state index contributed by atoms with van der Waals surface area (Å²) in [4.78, 5) is 14.1. The maximum Gasteiger partial charge on any atom is 0.0640 e. The number of benzene rings is 22. The molecule has 0 N–H and O–H groups in total. The van der Waals surface area contributed by atoms with Crippen molar-refractivity contribution in [2.75, 3.05) is 29.4 Å². The fourth-order valence-corrected chi connectivity index (χ4v) is 24.5. The number of hydrogen-bond donors (Lipinski definition) is 0. The minimum absolute atomic E-state index is 0.993. The molecule has 0 saturated heterocycles. The summed E-state index contributed by atoms with van der Waals surface area (Å²) in [5, 5.41) is 10.3. The van der Waals surface area contributed by atoms with Gasteiger partial charge in [-0.2, -0.15) is 0 Å². The van der Waals surface area contributed by atoms with Crippen LogP contribution in [0.4, 0.5) is 102 Å². The molecule has 0 aliphatic carbocycles.